The highest BCUT2D eigenvalue weighted by atomic mass is 35.5. The highest BCUT2D eigenvalue weighted by molar-refractivity contribution is 7.16. The number of ether oxygens (including phenoxy) is 1. The molecule has 2 heterocycles. The van der Waals surface area contributed by atoms with E-state index in [-0.39, 0.29) is 17.4 Å². The summed E-state index contributed by atoms with van der Waals surface area (Å²) in [6, 6.07) is 6.42. The molecule has 3 rings (SSSR count). The average Bonchev–Trinajstić information content (AvgIpc) is 2.89. The molecule has 0 fully saturated rings. The summed E-state index contributed by atoms with van der Waals surface area (Å²) < 4.78 is 19.0. The molecule has 3 aromatic rings. The van der Waals surface area contributed by atoms with Crippen molar-refractivity contribution in [3.63, 3.8) is 0 Å². The normalized spacial score (nSPS) is 10.9. The first-order valence-corrected chi connectivity index (χ1v) is 6.97. The van der Waals surface area contributed by atoms with Gasteiger partial charge in [0.2, 0.25) is 0 Å². The summed E-state index contributed by atoms with van der Waals surface area (Å²) in [4.78, 5) is 9.22. The lowest BCUT2D eigenvalue weighted by atomic mass is 10.3. The minimum Gasteiger partial charge on any atom is -0.482 e. The van der Waals surface area contributed by atoms with Crippen LogP contribution in [0.1, 0.15) is 5.82 Å². The third-order valence-electron chi connectivity index (χ3n) is 2.67. The Hall–Kier alpha value is -1.92. The molecule has 20 heavy (non-hydrogen) atoms. The number of anilines is 1. The summed E-state index contributed by atoms with van der Waals surface area (Å²) in [5, 5.41) is 2.71. The number of hydrogen-bond acceptors (Lipinski definition) is 5. The summed E-state index contributed by atoms with van der Waals surface area (Å²) in [6.07, 6.45) is 0. The molecule has 7 heteroatoms. The number of nitrogens with zero attached hydrogens (tertiary/aromatic N) is 2. The second kappa shape index (κ2) is 5.22. The summed E-state index contributed by atoms with van der Waals surface area (Å²) in [6.45, 7) is 0.0231. The lowest BCUT2D eigenvalue weighted by Crippen LogP contribution is -2.05. The van der Waals surface area contributed by atoms with Crippen LogP contribution in [-0.4, -0.2) is 9.97 Å². The number of aromatic nitrogens is 2. The molecule has 0 unspecified atom stereocenters. The van der Waals surface area contributed by atoms with Gasteiger partial charge in [-0.15, -0.1) is 11.3 Å². The van der Waals surface area contributed by atoms with Crippen LogP contribution in [0.15, 0.2) is 29.6 Å². The molecule has 4 nitrogen and oxygen atoms in total. The predicted molar refractivity (Wildman–Crippen MR) is 77.6 cm³/mol. The van der Waals surface area contributed by atoms with Gasteiger partial charge in [0.15, 0.2) is 17.4 Å². The summed E-state index contributed by atoms with van der Waals surface area (Å²) in [7, 11) is 0. The quantitative estimate of drug-likeness (QED) is 0.802. The number of hydrogen-bond donors (Lipinski definition) is 1. The minimum absolute atomic E-state index is 0.0108. The maximum atomic E-state index is 13.7. The Bertz CT molecular complexity index is 777. The lowest BCUT2D eigenvalue weighted by molar-refractivity contribution is 0.282. The first-order valence-electron chi connectivity index (χ1n) is 5.71. The summed E-state index contributed by atoms with van der Waals surface area (Å²) in [5.74, 6) is 0.253. The van der Waals surface area contributed by atoms with Crippen LogP contribution in [0.2, 0.25) is 5.02 Å². The van der Waals surface area contributed by atoms with Crippen LogP contribution >= 0.6 is 22.9 Å². The largest absolute Gasteiger partial charge is 0.482 e. The van der Waals surface area contributed by atoms with Crippen LogP contribution in [0.25, 0.3) is 10.2 Å². The van der Waals surface area contributed by atoms with Crippen molar-refractivity contribution >= 4 is 39.0 Å². The Kier molecular flexibility index (Phi) is 3.42. The van der Waals surface area contributed by atoms with E-state index in [0.29, 0.717) is 11.6 Å². The molecule has 2 aromatic heterocycles. The van der Waals surface area contributed by atoms with Crippen molar-refractivity contribution in [3.8, 4) is 5.75 Å². The molecule has 102 valence electrons. The van der Waals surface area contributed by atoms with E-state index in [1.165, 1.54) is 23.5 Å². The Balaban J connectivity index is 1.84. The average molecular weight is 310 g/mol. The van der Waals surface area contributed by atoms with Gasteiger partial charge in [0, 0.05) is 0 Å². The van der Waals surface area contributed by atoms with Gasteiger partial charge in [0.25, 0.3) is 0 Å². The van der Waals surface area contributed by atoms with E-state index >= 15 is 0 Å². The Morgan fingerprint density at radius 2 is 2.15 bits per heavy atom. The van der Waals surface area contributed by atoms with Gasteiger partial charge in [-0.1, -0.05) is 17.7 Å². The number of fused-ring (bicyclic) bond motifs is 1. The van der Waals surface area contributed by atoms with Crippen LogP contribution in [0.4, 0.5) is 10.2 Å². The van der Waals surface area contributed by atoms with Crippen molar-refractivity contribution in [2.75, 3.05) is 5.73 Å². The van der Waals surface area contributed by atoms with Gasteiger partial charge in [0.1, 0.15) is 17.3 Å². The molecule has 0 aliphatic heterocycles. The summed E-state index contributed by atoms with van der Waals surface area (Å²) >= 11 is 7.14. The molecule has 2 N–H and O–H groups in total. The van der Waals surface area contributed by atoms with Crippen LogP contribution in [-0.2, 0) is 6.61 Å². The first-order chi connectivity index (χ1) is 9.65. The Morgan fingerprint density at radius 1 is 1.30 bits per heavy atom. The first kappa shape index (κ1) is 13.1. The van der Waals surface area contributed by atoms with Gasteiger partial charge in [-0.3, -0.25) is 0 Å². The zero-order valence-corrected chi connectivity index (χ0v) is 11.7. The van der Waals surface area contributed by atoms with Crippen LogP contribution in [0.5, 0.6) is 5.75 Å². The van der Waals surface area contributed by atoms with E-state index in [0.717, 1.165) is 10.2 Å². The molecule has 0 aliphatic rings. The third kappa shape index (κ3) is 2.39. The molecule has 0 atom stereocenters. The highest BCUT2D eigenvalue weighted by Gasteiger charge is 2.10. The van der Waals surface area contributed by atoms with E-state index in [1.54, 1.807) is 6.07 Å². The fourth-order valence-electron chi connectivity index (χ4n) is 1.73. The van der Waals surface area contributed by atoms with Crippen LogP contribution in [0, 0.1) is 5.82 Å². The van der Waals surface area contributed by atoms with Gasteiger partial charge in [-0.05, 0) is 23.6 Å². The van der Waals surface area contributed by atoms with Crippen molar-refractivity contribution in [1.29, 1.82) is 0 Å². The number of nitrogens with two attached hydrogens (primary N) is 1. The smallest absolute Gasteiger partial charge is 0.183 e. The van der Waals surface area contributed by atoms with Gasteiger partial charge < -0.3 is 10.5 Å². The number of halogens is 2. The molecule has 0 radical (unpaired) electrons. The predicted octanol–water partition coefficient (Wildman–Crippen LogP) is 3.65. The maximum absolute atomic E-state index is 13.7. The molecular formula is C13H9ClFN3OS. The van der Waals surface area contributed by atoms with Crippen molar-refractivity contribution in [2.45, 2.75) is 6.61 Å². The standard InChI is InChI=1S/C13H9ClFN3OS/c14-8-2-1-3-9(11(8)15)19-6-10-17-12(16)7-4-5-20-13(7)18-10/h1-5H,6H2,(H2,16,17,18). The highest BCUT2D eigenvalue weighted by Crippen LogP contribution is 2.26. The van der Waals surface area contributed by atoms with Crippen molar-refractivity contribution < 1.29 is 9.13 Å². The topological polar surface area (TPSA) is 61.0 Å². The van der Waals surface area contributed by atoms with Gasteiger partial charge in [0.05, 0.1) is 10.4 Å². The zero-order valence-electron chi connectivity index (χ0n) is 10.1. The number of benzene rings is 1. The van der Waals surface area contributed by atoms with Crippen molar-refractivity contribution in [3.05, 3.63) is 46.3 Å². The van der Waals surface area contributed by atoms with E-state index < -0.39 is 5.82 Å². The number of rotatable bonds is 3. The van der Waals surface area contributed by atoms with Crippen molar-refractivity contribution in [2.24, 2.45) is 0 Å². The molecule has 0 saturated carbocycles. The van der Waals surface area contributed by atoms with E-state index in [1.807, 2.05) is 11.4 Å². The van der Waals surface area contributed by atoms with Gasteiger partial charge in [-0.25, -0.2) is 14.4 Å². The monoisotopic (exact) mass is 309 g/mol. The van der Waals surface area contributed by atoms with Gasteiger partial charge >= 0.3 is 0 Å². The fourth-order valence-corrected chi connectivity index (χ4v) is 2.68. The molecule has 0 saturated heterocycles. The number of nitrogen functional groups attached to an aromatic ring is 1. The minimum atomic E-state index is -0.598. The van der Waals surface area contributed by atoms with Crippen molar-refractivity contribution in [1.82, 2.24) is 9.97 Å². The molecule has 0 spiro atoms. The third-order valence-corrected chi connectivity index (χ3v) is 3.77. The second-order valence-corrected chi connectivity index (χ2v) is 5.31. The van der Waals surface area contributed by atoms with E-state index in [4.69, 9.17) is 22.1 Å². The number of thiophene rings is 1. The second-order valence-electron chi connectivity index (χ2n) is 4.01. The Morgan fingerprint density at radius 3 is 3.00 bits per heavy atom. The van der Waals surface area contributed by atoms with E-state index in [9.17, 15) is 4.39 Å². The van der Waals surface area contributed by atoms with Gasteiger partial charge in [-0.2, -0.15) is 0 Å². The fraction of sp³-hybridized carbons (Fsp3) is 0.0769. The van der Waals surface area contributed by atoms with Crippen LogP contribution < -0.4 is 10.5 Å². The molecule has 0 aliphatic carbocycles. The maximum Gasteiger partial charge on any atom is 0.183 e. The molecular weight excluding hydrogens is 301 g/mol. The SMILES string of the molecule is Nc1nc(COc2cccc(Cl)c2F)nc2sccc12. The molecule has 0 amide bonds. The molecule has 0 bridgehead atoms. The summed E-state index contributed by atoms with van der Waals surface area (Å²) in [5.41, 5.74) is 5.83. The Labute approximate surface area is 123 Å². The zero-order chi connectivity index (χ0) is 14.1. The lowest BCUT2D eigenvalue weighted by Gasteiger charge is -2.07. The van der Waals surface area contributed by atoms with E-state index in [2.05, 4.69) is 9.97 Å². The molecule has 1 aromatic carbocycles. The van der Waals surface area contributed by atoms with Crippen LogP contribution in [0.3, 0.4) is 0 Å².